The van der Waals surface area contributed by atoms with E-state index in [1.807, 2.05) is 12.1 Å². The molecule has 0 fully saturated rings. The highest BCUT2D eigenvalue weighted by molar-refractivity contribution is 5.53. The molecule has 0 amide bonds. The molecule has 0 aromatic heterocycles. The van der Waals surface area contributed by atoms with Crippen LogP contribution in [0.4, 0.5) is 0 Å². The first-order valence-corrected chi connectivity index (χ1v) is 14.2. The molecule has 3 aromatic rings. The van der Waals surface area contributed by atoms with Crippen molar-refractivity contribution in [2.45, 2.75) is 37.8 Å². The minimum Gasteiger partial charge on any atom is -0.497 e. The standard InChI is InChI=1S/C33H42N2O6/c1-36-24-9-10-27(37-2)23(16-24)8-7-14-35-15-12-22-18-29(39-4)31(41-6)20-26(22)33(35)32-25-19-30(40-5)28(38-3)17-21(25)11-13-34-32/h9-10,16-20,32-34H,7-8,11-15H2,1-6H3/t32-,33-/m0/s1. The van der Waals surface area contributed by atoms with Crippen LogP contribution in [0, 0.1) is 0 Å². The maximum Gasteiger partial charge on any atom is 0.161 e. The number of rotatable bonds is 11. The molecule has 2 heterocycles. The lowest BCUT2D eigenvalue weighted by Crippen LogP contribution is -2.45. The molecule has 0 saturated carbocycles. The first-order chi connectivity index (χ1) is 20.0. The van der Waals surface area contributed by atoms with Crippen LogP contribution in [0.1, 0.15) is 46.3 Å². The fourth-order valence-electron chi connectivity index (χ4n) is 6.42. The number of nitrogens with zero attached hydrogens (tertiary/aromatic N) is 1. The van der Waals surface area contributed by atoms with Crippen molar-refractivity contribution in [1.29, 1.82) is 0 Å². The fourth-order valence-corrected chi connectivity index (χ4v) is 6.42. The lowest BCUT2D eigenvalue weighted by Gasteiger charge is -2.44. The molecule has 3 aromatic carbocycles. The van der Waals surface area contributed by atoms with E-state index in [-0.39, 0.29) is 12.1 Å². The van der Waals surface area contributed by atoms with Gasteiger partial charge in [-0.05, 0) is 109 Å². The van der Waals surface area contributed by atoms with Crippen molar-refractivity contribution in [2.24, 2.45) is 0 Å². The van der Waals surface area contributed by atoms with Gasteiger partial charge in [-0.15, -0.1) is 0 Å². The van der Waals surface area contributed by atoms with Crippen LogP contribution in [0.2, 0.25) is 0 Å². The van der Waals surface area contributed by atoms with E-state index in [0.717, 1.165) is 85.4 Å². The van der Waals surface area contributed by atoms with Gasteiger partial charge in [-0.25, -0.2) is 0 Å². The summed E-state index contributed by atoms with van der Waals surface area (Å²) in [5, 5.41) is 3.87. The molecule has 41 heavy (non-hydrogen) atoms. The smallest absolute Gasteiger partial charge is 0.161 e. The summed E-state index contributed by atoms with van der Waals surface area (Å²) in [6.07, 6.45) is 3.75. The van der Waals surface area contributed by atoms with E-state index in [4.69, 9.17) is 28.4 Å². The normalized spacial score (nSPS) is 18.2. The lowest BCUT2D eigenvalue weighted by atomic mass is 9.81. The first kappa shape index (κ1) is 28.9. The molecule has 8 heteroatoms. The molecule has 0 spiro atoms. The van der Waals surface area contributed by atoms with Crippen LogP contribution >= 0.6 is 0 Å². The van der Waals surface area contributed by atoms with Crippen molar-refractivity contribution in [1.82, 2.24) is 10.2 Å². The SMILES string of the molecule is COc1ccc(OC)c(CCCN2CCc3cc(OC)c(OC)cc3[C@H]2[C@H]2NCCc3cc(OC)c(OC)cc32)c1. The second kappa shape index (κ2) is 12.9. The molecule has 5 rings (SSSR count). The first-order valence-electron chi connectivity index (χ1n) is 14.2. The Balaban J connectivity index is 1.51. The van der Waals surface area contributed by atoms with Crippen molar-refractivity contribution in [2.75, 3.05) is 62.3 Å². The molecule has 0 unspecified atom stereocenters. The van der Waals surface area contributed by atoms with E-state index in [1.54, 1.807) is 42.7 Å². The molecule has 220 valence electrons. The monoisotopic (exact) mass is 562 g/mol. The average Bonchev–Trinajstić information content (AvgIpc) is 3.02. The molecule has 0 bridgehead atoms. The van der Waals surface area contributed by atoms with Crippen molar-refractivity contribution >= 4 is 0 Å². The minimum atomic E-state index is 0.0714. The predicted octanol–water partition coefficient (Wildman–Crippen LogP) is 5.16. The number of fused-ring (bicyclic) bond motifs is 2. The van der Waals surface area contributed by atoms with Gasteiger partial charge >= 0.3 is 0 Å². The lowest BCUT2D eigenvalue weighted by molar-refractivity contribution is 0.139. The third kappa shape index (κ3) is 5.76. The zero-order valence-corrected chi connectivity index (χ0v) is 25.0. The molecule has 1 N–H and O–H groups in total. The zero-order chi connectivity index (χ0) is 28.9. The van der Waals surface area contributed by atoms with E-state index in [1.165, 1.54) is 22.3 Å². The van der Waals surface area contributed by atoms with Crippen LogP contribution in [0.3, 0.4) is 0 Å². The van der Waals surface area contributed by atoms with Crippen LogP contribution in [0.25, 0.3) is 0 Å². The van der Waals surface area contributed by atoms with E-state index >= 15 is 0 Å². The van der Waals surface area contributed by atoms with Crippen molar-refractivity contribution in [3.63, 3.8) is 0 Å². The zero-order valence-electron chi connectivity index (χ0n) is 25.0. The molecule has 2 atom stereocenters. The number of hydrogen-bond acceptors (Lipinski definition) is 8. The summed E-state index contributed by atoms with van der Waals surface area (Å²) < 4.78 is 33.9. The molecular formula is C33H42N2O6. The molecule has 0 aliphatic carbocycles. The van der Waals surface area contributed by atoms with Gasteiger partial charge in [0.05, 0.1) is 54.7 Å². The van der Waals surface area contributed by atoms with Gasteiger partial charge in [0.15, 0.2) is 23.0 Å². The number of aryl methyl sites for hydroxylation is 1. The maximum absolute atomic E-state index is 5.77. The van der Waals surface area contributed by atoms with Gasteiger partial charge in [0.2, 0.25) is 0 Å². The van der Waals surface area contributed by atoms with Crippen molar-refractivity contribution in [3.8, 4) is 34.5 Å². The molecule has 8 nitrogen and oxygen atoms in total. The Morgan fingerprint density at radius 2 is 1.29 bits per heavy atom. The Morgan fingerprint density at radius 1 is 0.683 bits per heavy atom. The highest BCUT2D eigenvalue weighted by Crippen LogP contribution is 2.46. The Morgan fingerprint density at radius 3 is 1.93 bits per heavy atom. The summed E-state index contributed by atoms with van der Waals surface area (Å²) in [7, 11) is 10.2. The number of methoxy groups -OCH3 is 6. The summed E-state index contributed by atoms with van der Waals surface area (Å²) in [6, 6.07) is 14.8. The topological polar surface area (TPSA) is 70.7 Å². The van der Waals surface area contributed by atoms with Crippen LogP contribution in [-0.4, -0.2) is 67.2 Å². The Labute approximate surface area is 243 Å². The van der Waals surface area contributed by atoms with Crippen LogP contribution in [0.15, 0.2) is 42.5 Å². The highest BCUT2D eigenvalue weighted by atomic mass is 16.5. The Kier molecular flexibility index (Phi) is 9.10. The van der Waals surface area contributed by atoms with Crippen LogP contribution < -0.4 is 33.7 Å². The highest BCUT2D eigenvalue weighted by Gasteiger charge is 2.38. The number of nitrogens with one attached hydrogen (secondary N) is 1. The largest absolute Gasteiger partial charge is 0.497 e. The predicted molar refractivity (Wildman–Crippen MR) is 159 cm³/mol. The van der Waals surface area contributed by atoms with Gasteiger partial charge in [-0.3, -0.25) is 4.90 Å². The molecule has 2 aliphatic rings. The van der Waals surface area contributed by atoms with Crippen LogP contribution in [0.5, 0.6) is 34.5 Å². The summed E-state index contributed by atoms with van der Waals surface area (Å²) in [6.45, 7) is 2.77. The number of ether oxygens (including phenoxy) is 6. The van der Waals surface area contributed by atoms with Crippen LogP contribution in [-0.2, 0) is 19.3 Å². The summed E-state index contributed by atoms with van der Waals surface area (Å²) in [4.78, 5) is 2.62. The Bertz CT molecular complexity index is 1360. The maximum atomic E-state index is 5.77. The third-order valence-corrected chi connectivity index (χ3v) is 8.46. The molecule has 0 saturated heterocycles. The fraction of sp³-hybridized carbons (Fsp3) is 0.455. The second-order valence-corrected chi connectivity index (χ2v) is 10.5. The Hall–Kier alpha value is -3.62. The van der Waals surface area contributed by atoms with Gasteiger partial charge < -0.3 is 33.7 Å². The number of hydrogen-bond donors (Lipinski definition) is 1. The summed E-state index contributed by atoms with van der Waals surface area (Å²) in [5.41, 5.74) is 6.27. The van der Waals surface area contributed by atoms with Crippen molar-refractivity contribution < 1.29 is 28.4 Å². The second-order valence-electron chi connectivity index (χ2n) is 10.5. The van der Waals surface area contributed by atoms with E-state index in [9.17, 15) is 0 Å². The number of benzene rings is 3. The van der Waals surface area contributed by atoms with E-state index in [2.05, 4.69) is 40.5 Å². The van der Waals surface area contributed by atoms with Gasteiger partial charge in [-0.2, -0.15) is 0 Å². The minimum absolute atomic E-state index is 0.0714. The quantitative estimate of drug-likeness (QED) is 0.344. The molecular weight excluding hydrogens is 520 g/mol. The molecule has 0 radical (unpaired) electrons. The average molecular weight is 563 g/mol. The summed E-state index contributed by atoms with van der Waals surface area (Å²) >= 11 is 0. The van der Waals surface area contributed by atoms with Gasteiger partial charge in [-0.1, -0.05) is 0 Å². The van der Waals surface area contributed by atoms with Crippen molar-refractivity contribution in [3.05, 3.63) is 70.3 Å². The van der Waals surface area contributed by atoms with E-state index < -0.39 is 0 Å². The summed E-state index contributed by atoms with van der Waals surface area (Å²) in [5.74, 6) is 4.78. The van der Waals surface area contributed by atoms with E-state index in [0.29, 0.717) is 0 Å². The van der Waals surface area contributed by atoms with Gasteiger partial charge in [0, 0.05) is 6.54 Å². The van der Waals surface area contributed by atoms with Gasteiger partial charge in [0.1, 0.15) is 11.5 Å². The third-order valence-electron chi connectivity index (χ3n) is 8.46. The van der Waals surface area contributed by atoms with Gasteiger partial charge in [0.25, 0.3) is 0 Å². The molecule has 2 aliphatic heterocycles.